The summed E-state index contributed by atoms with van der Waals surface area (Å²) >= 11 is 0. The number of imide groups is 1. The summed E-state index contributed by atoms with van der Waals surface area (Å²) in [5.41, 5.74) is 1.67. The van der Waals surface area contributed by atoms with Gasteiger partial charge in [-0.25, -0.2) is 9.69 Å². The lowest BCUT2D eigenvalue weighted by Gasteiger charge is -2.46. The number of anilines is 1. The first-order chi connectivity index (χ1) is 28.3. The zero-order valence-electron chi connectivity index (χ0n) is 31.8. The Balaban J connectivity index is 1.39. The van der Waals surface area contributed by atoms with Crippen LogP contribution in [0.15, 0.2) is 152 Å². The van der Waals surface area contributed by atoms with E-state index >= 15 is 4.79 Å². The van der Waals surface area contributed by atoms with Gasteiger partial charge in [-0.1, -0.05) is 134 Å². The summed E-state index contributed by atoms with van der Waals surface area (Å²) in [5, 5.41) is 12.5. The third-order valence-electron chi connectivity index (χ3n) is 11.4. The second kappa shape index (κ2) is 16.1. The molecule has 58 heavy (non-hydrogen) atoms. The number of rotatable bonds is 11. The Morgan fingerprint density at radius 1 is 0.828 bits per heavy atom. The number of cyclic esters (lactones) is 1. The molecule has 0 unspecified atom stereocenters. The Kier molecular flexibility index (Phi) is 10.7. The van der Waals surface area contributed by atoms with E-state index < -0.39 is 65.5 Å². The maximum Gasteiger partial charge on any atom is 0.329 e. The highest BCUT2D eigenvalue weighted by Crippen LogP contribution is 2.66. The minimum Gasteiger partial charge on any atom is -0.491 e. The number of hydrogen-bond acceptors (Lipinski definition) is 9. The van der Waals surface area contributed by atoms with Crippen LogP contribution in [0.25, 0.3) is 0 Å². The van der Waals surface area contributed by atoms with Crippen molar-refractivity contribution in [2.75, 3.05) is 24.7 Å². The quantitative estimate of drug-likeness (QED) is 0.108. The van der Waals surface area contributed by atoms with Crippen LogP contribution in [0.4, 0.5) is 10.5 Å². The van der Waals surface area contributed by atoms with Crippen molar-refractivity contribution in [3.63, 3.8) is 0 Å². The monoisotopic (exact) mass is 777 g/mol. The first kappa shape index (κ1) is 38.3. The van der Waals surface area contributed by atoms with E-state index in [1.54, 1.807) is 48.5 Å². The van der Waals surface area contributed by atoms with E-state index in [2.05, 4.69) is 11.9 Å². The molecule has 5 aromatic carbocycles. The largest absolute Gasteiger partial charge is 0.491 e. The van der Waals surface area contributed by atoms with Gasteiger partial charge >= 0.3 is 18.0 Å². The van der Waals surface area contributed by atoms with E-state index in [-0.39, 0.29) is 25.5 Å². The number of esters is 2. The fraction of sp³-hybridized carbons (Fsp3) is 0.234. The first-order valence-electron chi connectivity index (χ1n) is 19.3. The summed E-state index contributed by atoms with van der Waals surface area (Å²) in [7, 11) is 0. The van der Waals surface area contributed by atoms with Crippen molar-refractivity contribution in [1.29, 1.82) is 0 Å². The molecule has 7 atom stereocenters. The average Bonchev–Trinajstić information content (AvgIpc) is 3.72. The summed E-state index contributed by atoms with van der Waals surface area (Å²) in [6.45, 7) is 5.26. The molecule has 0 saturated carbocycles. The molecular weight excluding hydrogens is 735 g/mol. The van der Waals surface area contributed by atoms with Crippen LogP contribution >= 0.6 is 0 Å². The van der Waals surface area contributed by atoms with Crippen LogP contribution in [-0.2, 0) is 29.3 Å². The molecular formula is C47H43N3O8. The van der Waals surface area contributed by atoms with Gasteiger partial charge in [0.15, 0.2) is 0 Å². The van der Waals surface area contributed by atoms with Crippen molar-refractivity contribution < 1.29 is 38.5 Å². The number of carbonyl (C=O) groups excluding carboxylic acids is 4. The van der Waals surface area contributed by atoms with E-state index in [1.165, 1.54) is 6.08 Å². The number of aliphatic hydroxyl groups is 1. The summed E-state index contributed by atoms with van der Waals surface area (Å²) in [6.07, 6.45) is 0.562. The summed E-state index contributed by atoms with van der Waals surface area (Å²) in [4.78, 5) is 63.4. The number of carbonyl (C=O) groups is 4. The molecule has 0 radical (unpaired) electrons. The summed E-state index contributed by atoms with van der Waals surface area (Å²) < 4.78 is 18.0. The number of para-hydroxylation sites is 1. The molecule has 2 fully saturated rings. The van der Waals surface area contributed by atoms with Gasteiger partial charge in [0, 0.05) is 0 Å². The van der Waals surface area contributed by atoms with E-state index in [4.69, 9.17) is 14.2 Å². The standard InChI is InChI=1S/C47H43N3O8/c1-3-28-57-43(52)38-40-44(53)58-41(33-19-11-6-12-20-33)39(32-17-9-5-10-18-32)50(40)42(34-23-25-35(26-24-34)56-29-27-51)47(38)36-21-13-14-22-37(36)49(45(47)54)46(55)48-30(2)31-15-7-4-8-16-31/h3-26,30,38-42,51H,1,27-29H2,2H3,(H,48,55)/t30-,38-,39-,40-,41+,42+,47-/m1/s1. The van der Waals surface area contributed by atoms with Crippen LogP contribution in [-0.4, -0.2) is 59.7 Å². The number of nitrogens with zero attached hydrogens (tertiary/aromatic N) is 2. The molecule has 0 bridgehead atoms. The molecule has 3 heterocycles. The Hall–Kier alpha value is -6.56. The molecule has 1 spiro atoms. The smallest absolute Gasteiger partial charge is 0.329 e. The predicted octanol–water partition coefficient (Wildman–Crippen LogP) is 6.92. The highest BCUT2D eigenvalue weighted by Gasteiger charge is 2.76. The van der Waals surface area contributed by atoms with Gasteiger partial charge in [0.25, 0.3) is 0 Å². The minimum atomic E-state index is -1.90. The Morgan fingerprint density at radius 3 is 2.10 bits per heavy atom. The van der Waals surface area contributed by atoms with Crippen molar-refractivity contribution in [1.82, 2.24) is 10.2 Å². The van der Waals surface area contributed by atoms with Crippen LogP contribution in [0.5, 0.6) is 5.75 Å². The van der Waals surface area contributed by atoms with Crippen LogP contribution in [0, 0.1) is 5.92 Å². The molecule has 0 aliphatic carbocycles. The first-order valence-corrected chi connectivity index (χ1v) is 19.3. The SMILES string of the molecule is C=CCOC(=O)[C@H]1[C@@H]2C(=O)O[C@@H](c3ccccc3)[C@@H](c3ccccc3)N2[C@@H](c2ccc(OCCO)cc2)[C@]12C(=O)N(C(=O)N[C@H](C)c1ccccc1)c1ccccc12. The molecule has 3 aliphatic heterocycles. The average molecular weight is 778 g/mol. The molecule has 3 aliphatic rings. The van der Waals surface area contributed by atoms with Gasteiger partial charge in [0.05, 0.1) is 30.4 Å². The molecule has 3 amide bonds. The van der Waals surface area contributed by atoms with Gasteiger partial charge in [0.1, 0.15) is 42.4 Å². The van der Waals surface area contributed by atoms with Crippen LogP contribution in [0.1, 0.15) is 59.0 Å². The third-order valence-corrected chi connectivity index (χ3v) is 11.4. The highest BCUT2D eigenvalue weighted by molar-refractivity contribution is 6.24. The summed E-state index contributed by atoms with van der Waals surface area (Å²) in [5.74, 6) is -3.24. The predicted molar refractivity (Wildman–Crippen MR) is 215 cm³/mol. The number of benzene rings is 5. The minimum absolute atomic E-state index is 0.0656. The lowest BCUT2D eigenvalue weighted by atomic mass is 9.65. The maximum absolute atomic E-state index is 16.0. The Labute approximate surface area is 336 Å². The van der Waals surface area contributed by atoms with Crippen molar-refractivity contribution in [2.45, 2.75) is 42.6 Å². The Morgan fingerprint density at radius 2 is 1.45 bits per heavy atom. The van der Waals surface area contributed by atoms with Gasteiger partial charge in [-0.05, 0) is 52.9 Å². The molecule has 5 aromatic rings. The number of fused-ring (bicyclic) bond motifs is 3. The van der Waals surface area contributed by atoms with Crippen molar-refractivity contribution in [2.24, 2.45) is 5.92 Å². The van der Waals surface area contributed by atoms with E-state index in [0.717, 1.165) is 21.6 Å². The van der Waals surface area contributed by atoms with Gasteiger partial charge < -0.3 is 24.6 Å². The van der Waals surface area contributed by atoms with E-state index in [0.29, 0.717) is 16.9 Å². The van der Waals surface area contributed by atoms with Crippen LogP contribution in [0.2, 0.25) is 0 Å². The van der Waals surface area contributed by atoms with Gasteiger partial charge in [-0.3, -0.25) is 19.3 Å². The topological polar surface area (TPSA) is 135 Å². The Bertz CT molecular complexity index is 2310. The molecule has 2 saturated heterocycles. The second-order valence-electron chi connectivity index (χ2n) is 14.6. The van der Waals surface area contributed by atoms with E-state index in [9.17, 15) is 19.5 Å². The van der Waals surface area contributed by atoms with E-state index in [1.807, 2.05) is 103 Å². The normalized spacial score (nSPS) is 24.0. The number of aliphatic hydroxyl groups excluding tert-OH is 1. The lowest BCUT2D eigenvalue weighted by molar-refractivity contribution is -0.180. The molecule has 8 rings (SSSR count). The van der Waals surface area contributed by atoms with Gasteiger partial charge in [-0.15, -0.1) is 0 Å². The van der Waals surface area contributed by atoms with Gasteiger partial charge in [0.2, 0.25) is 5.91 Å². The third kappa shape index (κ3) is 6.42. The molecule has 11 heteroatoms. The zero-order chi connectivity index (χ0) is 40.4. The van der Waals surface area contributed by atoms with Gasteiger partial charge in [-0.2, -0.15) is 0 Å². The molecule has 294 valence electrons. The van der Waals surface area contributed by atoms with Crippen molar-refractivity contribution in [3.05, 3.63) is 180 Å². The number of ether oxygens (including phenoxy) is 3. The van der Waals surface area contributed by atoms with Crippen molar-refractivity contribution in [3.8, 4) is 5.75 Å². The van der Waals surface area contributed by atoms with Crippen molar-refractivity contribution >= 4 is 29.6 Å². The van der Waals surface area contributed by atoms with Crippen LogP contribution < -0.4 is 15.0 Å². The second-order valence-corrected chi connectivity index (χ2v) is 14.6. The number of nitrogens with one attached hydrogen (secondary N) is 1. The number of amides is 3. The highest BCUT2D eigenvalue weighted by atomic mass is 16.6. The maximum atomic E-state index is 16.0. The summed E-state index contributed by atoms with van der Waals surface area (Å²) in [6, 6.07) is 38.0. The fourth-order valence-electron chi connectivity index (χ4n) is 9.04. The molecule has 2 N–H and O–H groups in total. The lowest BCUT2D eigenvalue weighted by Crippen LogP contribution is -2.54. The van der Waals surface area contributed by atoms with Crippen LogP contribution in [0.3, 0.4) is 0 Å². The number of urea groups is 1. The number of morpholine rings is 1. The number of hydrogen-bond donors (Lipinski definition) is 2. The molecule has 11 nitrogen and oxygen atoms in total. The fourth-order valence-corrected chi connectivity index (χ4v) is 9.04. The zero-order valence-corrected chi connectivity index (χ0v) is 31.8. The molecule has 0 aromatic heterocycles.